The molecule has 1 fully saturated rings. The minimum Gasteiger partial charge on any atom is -0.481 e. The molecule has 2 atom stereocenters. The van der Waals surface area contributed by atoms with E-state index in [0.717, 1.165) is 30.8 Å². The number of carboxylic acids is 1. The van der Waals surface area contributed by atoms with Gasteiger partial charge in [-0.3, -0.25) is 9.59 Å². The van der Waals surface area contributed by atoms with Crippen LogP contribution in [0.4, 0.5) is 0 Å². The fourth-order valence-electron chi connectivity index (χ4n) is 3.49. The number of likely N-dealkylation sites (N-methyl/N-ethyl adjacent to an activating group) is 1. The maximum Gasteiger partial charge on any atom is 0.308 e. The normalized spacial score (nSPS) is 19.1. The molecule has 132 valence electrons. The quantitative estimate of drug-likeness (QED) is 0.834. The van der Waals surface area contributed by atoms with E-state index in [1.54, 1.807) is 4.90 Å². The smallest absolute Gasteiger partial charge is 0.308 e. The van der Waals surface area contributed by atoms with E-state index in [-0.39, 0.29) is 18.4 Å². The van der Waals surface area contributed by atoms with Gasteiger partial charge in [0.25, 0.3) is 0 Å². The van der Waals surface area contributed by atoms with Crippen LogP contribution in [0.15, 0.2) is 18.2 Å². The van der Waals surface area contributed by atoms with Crippen LogP contribution in [-0.4, -0.2) is 53.0 Å². The highest BCUT2D eigenvalue weighted by Crippen LogP contribution is 2.31. The van der Waals surface area contributed by atoms with Gasteiger partial charge in [0.15, 0.2) is 0 Å². The van der Waals surface area contributed by atoms with Gasteiger partial charge in [-0.2, -0.15) is 0 Å². The Labute approximate surface area is 144 Å². The first-order valence-electron chi connectivity index (χ1n) is 8.69. The molecule has 1 heterocycles. The van der Waals surface area contributed by atoms with Crippen molar-refractivity contribution in [1.29, 1.82) is 0 Å². The molecule has 1 aliphatic rings. The molecule has 5 nitrogen and oxygen atoms in total. The Kier molecular flexibility index (Phi) is 5.99. The predicted molar refractivity (Wildman–Crippen MR) is 93.9 cm³/mol. The number of carboxylic acid groups (broad SMARTS) is 1. The van der Waals surface area contributed by atoms with Gasteiger partial charge in [-0.05, 0) is 38.1 Å². The summed E-state index contributed by atoms with van der Waals surface area (Å²) in [4.78, 5) is 27.8. The van der Waals surface area contributed by atoms with Crippen molar-refractivity contribution in [2.75, 3.05) is 26.2 Å². The summed E-state index contributed by atoms with van der Waals surface area (Å²) >= 11 is 0. The molecule has 1 aromatic rings. The van der Waals surface area contributed by atoms with E-state index in [1.165, 1.54) is 5.56 Å². The summed E-state index contributed by atoms with van der Waals surface area (Å²) in [5.41, 5.74) is 3.46. The van der Waals surface area contributed by atoms with Crippen molar-refractivity contribution in [1.82, 2.24) is 9.80 Å². The number of likely N-dealkylation sites (tertiary alicyclic amines) is 1. The van der Waals surface area contributed by atoms with Gasteiger partial charge in [0.2, 0.25) is 5.91 Å². The molecule has 2 rings (SSSR count). The van der Waals surface area contributed by atoms with Crippen LogP contribution in [-0.2, 0) is 9.59 Å². The molecule has 24 heavy (non-hydrogen) atoms. The minimum atomic E-state index is -0.881. The van der Waals surface area contributed by atoms with E-state index in [1.807, 2.05) is 0 Å². The standard InChI is InChI=1S/C19H28N2O3/c1-5-20(6-2)12-17(16-8-7-13(3)9-14(16)4)21-11-15(19(23)24)10-18(21)22/h7-9,15,17H,5-6,10-12H2,1-4H3,(H,23,24). The Balaban J connectivity index is 2.36. The van der Waals surface area contributed by atoms with Crippen molar-refractivity contribution < 1.29 is 14.7 Å². The number of hydrogen-bond donors (Lipinski definition) is 1. The molecular weight excluding hydrogens is 304 g/mol. The van der Waals surface area contributed by atoms with Gasteiger partial charge in [0.05, 0.1) is 12.0 Å². The van der Waals surface area contributed by atoms with Gasteiger partial charge >= 0.3 is 5.97 Å². The van der Waals surface area contributed by atoms with Gasteiger partial charge in [-0.1, -0.05) is 37.6 Å². The van der Waals surface area contributed by atoms with Crippen molar-refractivity contribution in [2.45, 2.75) is 40.2 Å². The summed E-state index contributed by atoms with van der Waals surface area (Å²) in [6.07, 6.45) is 0.106. The highest BCUT2D eigenvalue weighted by atomic mass is 16.4. The zero-order valence-electron chi connectivity index (χ0n) is 15.1. The minimum absolute atomic E-state index is 0.0560. The average Bonchev–Trinajstić information content (AvgIpc) is 2.92. The molecule has 1 aliphatic heterocycles. The Bertz CT molecular complexity index is 611. The summed E-state index contributed by atoms with van der Waals surface area (Å²) in [6.45, 7) is 11.2. The number of rotatable bonds is 7. The van der Waals surface area contributed by atoms with Gasteiger partial charge in [0.1, 0.15) is 0 Å². The molecule has 0 aromatic heterocycles. The van der Waals surface area contributed by atoms with Gasteiger partial charge in [-0.25, -0.2) is 0 Å². The Morgan fingerprint density at radius 1 is 1.33 bits per heavy atom. The molecule has 1 N–H and O–H groups in total. The Morgan fingerprint density at radius 2 is 2.00 bits per heavy atom. The first kappa shape index (κ1) is 18.5. The summed E-state index contributed by atoms with van der Waals surface area (Å²) in [5, 5.41) is 9.28. The van der Waals surface area contributed by atoms with Gasteiger partial charge in [0, 0.05) is 19.5 Å². The first-order valence-corrected chi connectivity index (χ1v) is 8.69. The van der Waals surface area contributed by atoms with E-state index < -0.39 is 11.9 Å². The van der Waals surface area contributed by atoms with Crippen LogP contribution >= 0.6 is 0 Å². The first-order chi connectivity index (χ1) is 11.4. The van der Waals surface area contributed by atoms with Crippen molar-refractivity contribution in [3.63, 3.8) is 0 Å². The highest BCUT2D eigenvalue weighted by molar-refractivity contribution is 5.86. The van der Waals surface area contributed by atoms with Crippen molar-refractivity contribution >= 4 is 11.9 Å². The number of aliphatic carboxylic acids is 1. The van der Waals surface area contributed by atoms with Crippen LogP contribution < -0.4 is 0 Å². The SMILES string of the molecule is CCN(CC)CC(c1ccc(C)cc1C)N1CC(C(=O)O)CC1=O. The van der Waals surface area contributed by atoms with Crippen molar-refractivity contribution in [3.8, 4) is 0 Å². The van der Waals surface area contributed by atoms with Crippen LogP contribution in [0.3, 0.4) is 0 Å². The third-order valence-electron chi connectivity index (χ3n) is 4.99. The number of carbonyl (C=O) groups is 2. The van der Waals surface area contributed by atoms with E-state index in [4.69, 9.17) is 0 Å². The van der Waals surface area contributed by atoms with E-state index in [2.05, 4.69) is 50.8 Å². The van der Waals surface area contributed by atoms with Gasteiger partial charge < -0.3 is 14.9 Å². The number of aryl methyl sites for hydroxylation is 2. The lowest BCUT2D eigenvalue weighted by Crippen LogP contribution is -2.39. The van der Waals surface area contributed by atoms with Crippen LogP contribution in [0, 0.1) is 19.8 Å². The molecular formula is C19H28N2O3. The number of nitrogens with zero attached hydrogens (tertiary/aromatic N) is 2. The molecule has 0 spiro atoms. The Morgan fingerprint density at radius 3 is 2.50 bits per heavy atom. The van der Waals surface area contributed by atoms with Crippen LogP contribution in [0.25, 0.3) is 0 Å². The zero-order chi connectivity index (χ0) is 17.9. The van der Waals surface area contributed by atoms with Crippen LogP contribution in [0.2, 0.25) is 0 Å². The lowest BCUT2D eigenvalue weighted by atomic mass is 9.97. The second-order valence-corrected chi connectivity index (χ2v) is 6.65. The molecule has 1 aromatic carbocycles. The van der Waals surface area contributed by atoms with Crippen LogP contribution in [0.5, 0.6) is 0 Å². The molecule has 1 amide bonds. The number of benzene rings is 1. The predicted octanol–water partition coefficient (Wildman–Crippen LogP) is 2.62. The van der Waals surface area contributed by atoms with E-state index in [9.17, 15) is 14.7 Å². The van der Waals surface area contributed by atoms with Gasteiger partial charge in [-0.15, -0.1) is 0 Å². The van der Waals surface area contributed by atoms with E-state index in [0.29, 0.717) is 6.54 Å². The molecule has 0 aliphatic carbocycles. The maximum absolute atomic E-state index is 12.5. The van der Waals surface area contributed by atoms with E-state index >= 15 is 0 Å². The zero-order valence-corrected chi connectivity index (χ0v) is 15.1. The number of hydrogen-bond acceptors (Lipinski definition) is 3. The monoisotopic (exact) mass is 332 g/mol. The van der Waals surface area contributed by atoms with Crippen LogP contribution in [0.1, 0.15) is 43.0 Å². The number of carbonyl (C=O) groups excluding carboxylic acids is 1. The average molecular weight is 332 g/mol. The molecule has 2 unspecified atom stereocenters. The molecule has 1 saturated heterocycles. The second-order valence-electron chi connectivity index (χ2n) is 6.65. The maximum atomic E-state index is 12.5. The summed E-state index contributed by atoms with van der Waals surface area (Å²) < 4.78 is 0. The highest BCUT2D eigenvalue weighted by Gasteiger charge is 2.39. The lowest BCUT2D eigenvalue weighted by molar-refractivity contribution is -0.141. The molecule has 5 heteroatoms. The van der Waals surface area contributed by atoms with Crippen molar-refractivity contribution in [3.05, 3.63) is 34.9 Å². The molecule has 0 radical (unpaired) electrons. The number of amides is 1. The topological polar surface area (TPSA) is 60.9 Å². The largest absolute Gasteiger partial charge is 0.481 e. The summed E-state index contributed by atoms with van der Waals surface area (Å²) in [7, 11) is 0. The lowest BCUT2D eigenvalue weighted by Gasteiger charge is -2.34. The van der Waals surface area contributed by atoms with Crippen molar-refractivity contribution in [2.24, 2.45) is 5.92 Å². The third-order valence-corrected chi connectivity index (χ3v) is 4.99. The summed E-state index contributed by atoms with van der Waals surface area (Å²) in [5.74, 6) is -1.53. The third kappa shape index (κ3) is 3.96. The molecule has 0 saturated carbocycles. The fourth-order valence-corrected chi connectivity index (χ4v) is 3.49. The Hall–Kier alpha value is -1.88. The fraction of sp³-hybridized carbons (Fsp3) is 0.579. The summed E-state index contributed by atoms with van der Waals surface area (Å²) in [6, 6.07) is 6.18. The second kappa shape index (κ2) is 7.79. The molecule has 0 bridgehead atoms.